The summed E-state index contributed by atoms with van der Waals surface area (Å²) in [7, 11) is 0. The molecule has 0 fully saturated rings. The zero-order chi connectivity index (χ0) is 21.5. The molecule has 30 heavy (non-hydrogen) atoms. The van der Waals surface area contributed by atoms with Gasteiger partial charge < -0.3 is 15.4 Å². The molecule has 0 bridgehead atoms. The minimum atomic E-state index is -4.48. The number of halogens is 3. The van der Waals surface area contributed by atoms with Gasteiger partial charge >= 0.3 is 6.18 Å². The van der Waals surface area contributed by atoms with Crippen LogP contribution >= 0.6 is 0 Å². The Balaban J connectivity index is 1.58. The van der Waals surface area contributed by atoms with Crippen molar-refractivity contribution in [3.8, 4) is 11.4 Å². The average Bonchev–Trinajstić information content (AvgIpc) is 3.08. The lowest BCUT2D eigenvalue weighted by Crippen LogP contribution is -2.25. The van der Waals surface area contributed by atoms with Crippen molar-refractivity contribution in [1.82, 2.24) is 9.78 Å². The highest BCUT2D eigenvalue weighted by Gasteiger charge is 2.30. The molecule has 2 amide bonds. The Labute approximate surface area is 168 Å². The molecule has 0 saturated carbocycles. The summed E-state index contributed by atoms with van der Waals surface area (Å²) >= 11 is 0. The molecule has 2 aromatic carbocycles. The van der Waals surface area contributed by atoms with E-state index in [4.69, 9.17) is 4.74 Å². The van der Waals surface area contributed by atoms with Crippen LogP contribution in [0.1, 0.15) is 21.6 Å². The van der Waals surface area contributed by atoms with E-state index in [1.54, 1.807) is 25.1 Å². The van der Waals surface area contributed by atoms with Crippen LogP contribution in [0.3, 0.4) is 0 Å². The highest BCUT2D eigenvalue weighted by molar-refractivity contribution is 6.05. The summed E-state index contributed by atoms with van der Waals surface area (Å²) in [4.78, 5) is 24.1. The van der Waals surface area contributed by atoms with Gasteiger partial charge in [0.2, 0.25) is 0 Å². The van der Waals surface area contributed by atoms with Crippen LogP contribution in [0.5, 0.6) is 5.75 Å². The molecule has 0 radical (unpaired) electrons. The summed E-state index contributed by atoms with van der Waals surface area (Å²) < 4.78 is 45.5. The normalized spacial score (nSPS) is 13.3. The molecule has 0 spiro atoms. The van der Waals surface area contributed by atoms with Crippen LogP contribution in [0.15, 0.2) is 48.7 Å². The Morgan fingerprint density at radius 3 is 2.80 bits per heavy atom. The number of benzene rings is 2. The number of hydrogen-bond acceptors (Lipinski definition) is 4. The number of rotatable bonds is 3. The van der Waals surface area contributed by atoms with Crippen molar-refractivity contribution in [2.75, 3.05) is 17.2 Å². The molecule has 4 rings (SSSR count). The lowest BCUT2D eigenvalue weighted by molar-refractivity contribution is -0.137. The summed E-state index contributed by atoms with van der Waals surface area (Å²) in [6, 6.07) is 9.47. The number of fused-ring (bicyclic) bond motifs is 1. The first-order valence-corrected chi connectivity index (χ1v) is 8.83. The van der Waals surface area contributed by atoms with E-state index in [1.807, 2.05) is 0 Å². The number of nitrogens with zero attached hydrogens (tertiary/aromatic N) is 2. The van der Waals surface area contributed by atoms with Gasteiger partial charge in [0.05, 0.1) is 34.4 Å². The van der Waals surface area contributed by atoms with Gasteiger partial charge in [0.1, 0.15) is 5.75 Å². The fourth-order valence-corrected chi connectivity index (χ4v) is 3.07. The number of carbonyl (C=O) groups excluding carboxylic acids is 2. The summed E-state index contributed by atoms with van der Waals surface area (Å²) in [6.45, 7) is 1.51. The first-order valence-electron chi connectivity index (χ1n) is 8.83. The van der Waals surface area contributed by atoms with Crippen LogP contribution in [0.25, 0.3) is 5.69 Å². The first-order chi connectivity index (χ1) is 14.2. The Morgan fingerprint density at radius 1 is 1.23 bits per heavy atom. The van der Waals surface area contributed by atoms with Crippen molar-refractivity contribution >= 4 is 23.2 Å². The van der Waals surface area contributed by atoms with Crippen LogP contribution in [-0.4, -0.2) is 28.2 Å². The summed E-state index contributed by atoms with van der Waals surface area (Å²) in [5.41, 5.74) is 0.803. The smallest absolute Gasteiger partial charge is 0.416 e. The molecule has 0 unspecified atom stereocenters. The number of carbonyl (C=O) groups is 2. The third kappa shape index (κ3) is 3.71. The number of ether oxygens (including phenoxy) is 1. The molecule has 1 aromatic heterocycles. The van der Waals surface area contributed by atoms with E-state index in [1.165, 1.54) is 23.0 Å². The second kappa shape index (κ2) is 7.21. The van der Waals surface area contributed by atoms with Gasteiger partial charge in [0, 0.05) is 5.69 Å². The third-order valence-corrected chi connectivity index (χ3v) is 4.54. The SMILES string of the molecule is Cc1c(C(=O)Nc2ccc3c(c2)NC(=O)CO3)cnn1-c1cccc(C(F)(F)F)c1. The van der Waals surface area contributed by atoms with E-state index in [-0.39, 0.29) is 23.8 Å². The fourth-order valence-electron chi connectivity index (χ4n) is 3.07. The van der Waals surface area contributed by atoms with Gasteiger partial charge in [-0.2, -0.15) is 18.3 Å². The number of alkyl halides is 3. The number of hydrogen-bond donors (Lipinski definition) is 2. The van der Waals surface area contributed by atoms with Gasteiger partial charge in [-0.25, -0.2) is 4.68 Å². The molecule has 7 nitrogen and oxygen atoms in total. The molecular weight excluding hydrogens is 401 g/mol. The van der Waals surface area contributed by atoms with E-state index in [0.717, 1.165) is 12.1 Å². The molecule has 1 aliphatic heterocycles. The Hall–Kier alpha value is -3.82. The number of nitrogens with one attached hydrogen (secondary N) is 2. The molecule has 2 heterocycles. The predicted octanol–water partition coefficient (Wildman–Crippen LogP) is 3.78. The summed E-state index contributed by atoms with van der Waals surface area (Å²) in [5.74, 6) is -0.306. The zero-order valence-electron chi connectivity index (χ0n) is 15.6. The molecule has 0 aliphatic carbocycles. The molecular formula is C20H15F3N4O3. The van der Waals surface area contributed by atoms with Crippen LogP contribution in [0.2, 0.25) is 0 Å². The van der Waals surface area contributed by atoms with Crippen molar-refractivity contribution in [1.29, 1.82) is 0 Å². The zero-order valence-corrected chi connectivity index (χ0v) is 15.6. The van der Waals surface area contributed by atoms with Gasteiger partial charge in [-0.05, 0) is 43.3 Å². The highest BCUT2D eigenvalue weighted by Crippen LogP contribution is 2.32. The third-order valence-electron chi connectivity index (χ3n) is 4.54. The maximum Gasteiger partial charge on any atom is 0.416 e. The Kier molecular flexibility index (Phi) is 4.69. The van der Waals surface area contributed by atoms with E-state index in [9.17, 15) is 22.8 Å². The quantitative estimate of drug-likeness (QED) is 0.681. The van der Waals surface area contributed by atoms with Gasteiger partial charge in [-0.1, -0.05) is 6.07 Å². The van der Waals surface area contributed by atoms with E-state index in [0.29, 0.717) is 22.8 Å². The molecule has 10 heteroatoms. The maximum absolute atomic E-state index is 13.0. The van der Waals surface area contributed by atoms with E-state index in [2.05, 4.69) is 15.7 Å². The molecule has 154 valence electrons. The van der Waals surface area contributed by atoms with Crippen molar-refractivity contribution < 1.29 is 27.5 Å². The monoisotopic (exact) mass is 416 g/mol. The molecule has 3 aromatic rings. The molecule has 2 N–H and O–H groups in total. The highest BCUT2D eigenvalue weighted by atomic mass is 19.4. The van der Waals surface area contributed by atoms with Crippen molar-refractivity contribution in [2.45, 2.75) is 13.1 Å². The fraction of sp³-hybridized carbons (Fsp3) is 0.150. The van der Waals surface area contributed by atoms with Gasteiger partial charge in [0.25, 0.3) is 11.8 Å². The minimum Gasteiger partial charge on any atom is -0.482 e. The summed E-state index contributed by atoms with van der Waals surface area (Å²) in [6.07, 6.45) is -3.20. The molecule has 0 saturated heterocycles. The topological polar surface area (TPSA) is 85.2 Å². The average molecular weight is 416 g/mol. The van der Waals surface area contributed by atoms with Crippen molar-refractivity contribution in [3.63, 3.8) is 0 Å². The van der Waals surface area contributed by atoms with Gasteiger partial charge in [0.15, 0.2) is 6.61 Å². The van der Waals surface area contributed by atoms with Gasteiger partial charge in [-0.3, -0.25) is 9.59 Å². The van der Waals surface area contributed by atoms with E-state index < -0.39 is 17.6 Å². The van der Waals surface area contributed by atoms with Gasteiger partial charge in [-0.15, -0.1) is 0 Å². The van der Waals surface area contributed by atoms with Crippen LogP contribution in [0.4, 0.5) is 24.5 Å². The molecule has 0 atom stereocenters. The number of aromatic nitrogens is 2. The number of amides is 2. The van der Waals surface area contributed by atoms with Crippen molar-refractivity contribution in [2.24, 2.45) is 0 Å². The van der Waals surface area contributed by atoms with Crippen LogP contribution in [0, 0.1) is 6.92 Å². The predicted molar refractivity (Wildman–Crippen MR) is 102 cm³/mol. The largest absolute Gasteiger partial charge is 0.482 e. The Morgan fingerprint density at radius 2 is 2.03 bits per heavy atom. The van der Waals surface area contributed by atoms with Crippen LogP contribution < -0.4 is 15.4 Å². The Bertz CT molecular complexity index is 1150. The summed E-state index contributed by atoms with van der Waals surface area (Å²) in [5, 5.41) is 9.39. The molecule has 1 aliphatic rings. The standard InChI is InChI=1S/C20H15F3N4O3/c1-11-15(9-24-27(11)14-4-2-3-12(7-14)20(21,22)23)19(29)25-13-5-6-17-16(8-13)26-18(28)10-30-17/h2-9H,10H2,1H3,(H,25,29)(H,26,28). The van der Waals surface area contributed by atoms with Crippen LogP contribution in [-0.2, 0) is 11.0 Å². The number of anilines is 2. The second-order valence-electron chi connectivity index (χ2n) is 6.61. The maximum atomic E-state index is 13.0. The van der Waals surface area contributed by atoms with E-state index >= 15 is 0 Å². The first kappa shape index (κ1) is 19.5. The minimum absolute atomic E-state index is 0.0768. The lowest BCUT2D eigenvalue weighted by Gasteiger charge is -2.18. The van der Waals surface area contributed by atoms with Crippen molar-refractivity contribution in [3.05, 3.63) is 65.5 Å². The second-order valence-corrected chi connectivity index (χ2v) is 6.61. The lowest BCUT2D eigenvalue weighted by atomic mass is 10.2.